The maximum absolute atomic E-state index is 13.3. The van der Waals surface area contributed by atoms with Crippen LogP contribution in [0.4, 0.5) is 10.5 Å². The summed E-state index contributed by atoms with van der Waals surface area (Å²) in [4.78, 5) is 31.5. The molecule has 1 aliphatic carbocycles. The number of phenolic OH excluding ortho intramolecular Hbond substituents is 2. The fraction of sp³-hybridized carbons (Fsp3) is 0.129. The molecule has 0 unspecified atom stereocenters. The fourth-order valence-electron chi connectivity index (χ4n) is 5.13. The van der Waals surface area contributed by atoms with Crippen molar-refractivity contribution in [3.05, 3.63) is 118 Å². The number of benzene rings is 4. The summed E-state index contributed by atoms with van der Waals surface area (Å²) in [6.45, 7) is 0.0170. The highest BCUT2D eigenvalue weighted by Crippen LogP contribution is 2.44. The van der Waals surface area contributed by atoms with Crippen LogP contribution in [0.1, 0.15) is 28.2 Å². The number of alkyl carbamates (subject to hydrolysis) is 1. The number of para-hydroxylation sites is 1. The molecule has 6 rings (SSSR count). The van der Waals surface area contributed by atoms with Crippen LogP contribution >= 0.6 is 0 Å². The van der Waals surface area contributed by atoms with Gasteiger partial charge in [0.1, 0.15) is 12.6 Å². The fourth-order valence-corrected chi connectivity index (χ4v) is 5.13. The second kappa shape index (κ2) is 11.1. The summed E-state index contributed by atoms with van der Waals surface area (Å²) in [6.07, 6.45) is 0.334. The summed E-state index contributed by atoms with van der Waals surface area (Å²) in [5, 5.41) is 39.6. The van der Waals surface area contributed by atoms with E-state index < -0.39 is 23.9 Å². The molecule has 0 saturated carbocycles. The lowest BCUT2D eigenvalue weighted by Gasteiger charge is -2.39. The zero-order valence-corrected chi connectivity index (χ0v) is 22.1. The summed E-state index contributed by atoms with van der Waals surface area (Å²) in [5.41, 5.74) is 5.35. The van der Waals surface area contributed by atoms with Crippen molar-refractivity contribution >= 4 is 24.0 Å². The van der Waals surface area contributed by atoms with Gasteiger partial charge in [0.15, 0.2) is 11.5 Å². The first-order valence-corrected chi connectivity index (χ1v) is 13.1. The van der Waals surface area contributed by atoms with E-state index in [-0.39, 0.29) is 30.4 Å². The monoisotopic (exact) mass is 565 g/mol. The van der Waals surface area contributed by atoms with E-state index in [1.54, 1.807) is 24.3 Å². The molecular formula is C31H25N4O7-. The van der Waals surface area contributed by atoms with Crippen molar-refractivity contribution in [2.24, 2.45) is 5.10 Å². The van der Waals surface area contributed by atoms with Gasteiger partial charge in [0.05, 0.1) is 11.9 Å². The highest BCUT2D eigenvalue weighted by molar-refractivity contribution is 5.89. The Hall–Kier alpha value is -5.55. The molecule has 0 fully saturated rings. The molecule has 0 spiro atoms. The van der Waals surface area contributed by atoms with E-state index in [1.807, 2.05) is 48.5 Å². The van der Waals surface area contributed by atoms with Gasteiger partial charge in [-0.25, -0.2) is 9.59 Å². The number of anilines is 1. The number of ether oxygens (including phenoxy) is 1. The number of fused-ring (bicyclic) bond motifs is 4. The lowest BCUT2D eigenvalue weighted by molar-refractivity contribution is -0.194. The van der Waals surface area contributed by atoms with Gasteiger partial charge in [-0.1, -0.05) is 72.8 Å². The van der Waals surface area contributed by atoms with Crippen LogP contribution in [-0.2, 0) is 20.8 Å². The van der Waals surface area contributed by atoms with Crippen molar-refractivity contribution in [3.63, 3.8) is 0 Å². The van der Waals surface area contributed by atoms with E-state index in [2.05, 4.69) is 10.4 Å². The van der Waals surface area contributed by atoms with Crippen molar-refractivity contribution in [1.29, 1.82) is 0 Å². The first kappa shape index (κ1) is 26.7. The second-order valence-electron chi connectivity index (χ2n) is 9.79. The lowest BCUT2D eigenvalue weighted by atomic mass is 9.98. The lowest BCUT2D eigenvalue weighted by Crippen LogP contribution is -2.48. The van der Waals surface area contributed by atoms with E-state index in [0.717, 1.165) is 22.3 Å². The van der Waals surface area contributed by atoms with E-state index >= 15 is 0 Å². The van der Waals surface area contributed by atoms with Crippen LogP contribution in [0, 0.1) is 5.21 Å². The first-order valence-electron chi connectivity index (χ1n) is 13.1. The molecule has 1 atom stereocenters. The Morgan fingerprint density at radius 3 is 2.29 bits per heavy atom. The molecule has 0 aromatic heterocycles. The van der Waals surface area contributed by atoms with E-state index in [4.69, 9.17) is 9.57 Å². The molecule has 11 nitrogen and oxygen atoms in total. The smallest absolute Gasteiger partial charge is 0.407 e. The molecule has 4 aromatic rings. The number of amides is 1. The zero-order chi connectivity index (χ0) is 29.2. The number of nitrogens with one attached hydrogen (secondary N) is 1. The molecule has 4 aromatic carbocycles. The van der Waals surface area contributed by atoms with Gasteiger partial charge in [-0.3, -0.25) is 5.17 Å². The molecular weight excluding hydrogens is 540 g/mol. The number of aromatic hydroxyl groups is 2. The standard InChI is InChI=1S/C31H25N4O7/c36-28-14-13-19(16-29(28)37)15-26(30(38)42-35-32-17-20-7-1-6-12-27(20)34(35)40)33-31(39)41-18-25-23-10-4-2-8-21(23)22-9-3-5-11-24(22)25/h1-14,16-17,25-26,36-37H,15,18H2,(H,33,39)/q-1/t26-/m0/s1. The van der Waals surface area contributed by atoms with Crippen LogP contribution in [-0.4, -0.2) is 46.4 Å². The van der Waals surface area contributed by atoms with Crippen LogP contribution in [0.25, 0.3) is 11.1 Å². The molecule has 1 amide bonds. The third-order valence-corrected chi connectivity index (χ3v) is 7.17. The SMILES string of the molecule is O=C(N[C@@H](Cc1ccc(O)c(O)c1)C(=O)ON1N=Cc2ccccc2N1[O-])OCC1c2ccccc2-c2ccccc21. The molecule has 0 radical (unpaired) electrons. The maximum atomic E-state index is 13.3. The van der Waals surface area contributed by atoms with E-state index in [1.165, 1.54) is 24.4 Å². The average Bonchev–Trinajstić information content (AvgIpc) is 3.32. The predicted molar refractivity (Wildman–Crippen MR) is 153 cm³/mol. The minimum atomic E-state index is -1.34. The first-order chi connectivity index (χ1) is 20.4. The van der Waals surface area contributed by atoms with Gasteiger partial charge in [-0.2, -0.15) is 0 Å². The Bertz CT molecular complexity index is 1650. The number of hydrogen-bond acceptors (Lipinski definition) is 10. The van der Waals surface area contributed by atoms with Gasteiger partial charge in [-0.15, -0.1) is 5.10 Å². The molecule has 1 aliphatic heterocycles. The average molecular weight is 566 g/mol. The van der Waals surface area contributed by atoms with Crippen molar-refractivity contribution in [2.45, 2.75) is 18.4 Å². The number of hydrazone groups is 1. The molecule has 2 aliphatic rings. The minimum absolute atomic E-state index is 0.0170. The molecule has 0 saturated heterocycles. The molecule has 1 heterocycles. The van der Waals surface area contributed by atoms with Crippen LogP contribution in [0.3, 0.4) is 0 Å². The summed E-state index contributed by atoms with van der Waals surface area (Å²) >= 11 is 0. The largest absolute Gasteiger partial charge is 0.735 e. The Morgan fingerprint density at radius 1 is 0.905 bits per heavy atom. The number of nitrogens with zero attached hydrogens (tertiary/aromatic N) is 3. The van der Waals surface area contributed by atoms with Crippen LogP contribution in [0.2, 0.25) is 0 Å². The van der Waals surface area contributed by atoms with Gasteiger partial charge in [0.2, 0.25) is 0 Å². The van der Waals surface area contributed by atoms with Gasteiger partial charge in [0, 0.05) is 17.9 Å². The van der Waals surface area contributed by atoms with E-state index in [9.17, 15) is 25.0 Å². The van der Waals surface area contributed by atoms with Gasteiger partial charge in [-0.05, 0) is 51.3 Å². The quantitative estimate of drug-likeness (QED) is 0.274. The maximum Gasteiger partial charge on any atom is 0.407 e. The summed E-state index contributed by atoms with van der Waals surface area (Å²) in [7, 11) is 0. The van der Waals surface area contributed by atoms with Gasteiger partial charge < -0.3 is 30.3 Å². The van der Waals surface area contributed by atoms with Crippen LogP contribution in [0.5, 0.6) is 11.5 Å². The number of phenols is 2. The molecule has 0 bridgehead atoms. The summed E-state index contributed by atoms with van der Waals surface area (Å²) < 4.78 is 5.60. The Labute approximate surface area is 240 Å². The Morgan fingerprint density at radius 2 is 1.57 bits per heavy atom. The highest BCUT2D eigenvalue weighted by Gasteiger charge is 2.31. The summed E-state index contributed by atoms with van der Waals surface area (Å²) in [5.74, 6) is -1.94. The number of rotatable bonds is 7. The van der Waals surface area contributed by atoms with Gasteiger partial charge in [0.25, 0.3) is 0 Å². The highest BCUT2D eigenvalue weighted by atomic mass is 16.8. The topological polar surface area (TPSA) is 147 Å². The normalized spacial score (nSPS) is 14.0. The van der Waals surface area contributed by atoms with Crippen LogP contribution in [0.15, 0.2) is 96.1 Å². The van der Waals surface area contributed by atoms with Gasteiger partial charge >= 0.3 is 12.1 Å². The van der Waals surface area contributed by atoms with Crippen LogP contribution < -0.4 is 10.5 Å². The third-order valence-electron chi connectivity index (χ3n) is 7.17. The molecule has 3 N–H and O–H groups in total. The summed E-state index contributed by atoms with van der Waals surface area (Å²) in [6, 6.07) is 25.1. The molecule has 11 heteroatoms. The van der Waals surface area contributed by atoms with Crippen molar-refractivity contribution in [2.75, 3.05) is 11.8 Å². The predicted octanol–water partition coefficient (Wildman–Crippen LogP) is 4.57. The molecule has 212 valence electrons. The van der Waals surface area contributed by atoms with Crippen molar-refractivity contribution < 1.29 is 29.4 Å². The number of hydrogen-bond donors (Lipinski definition) is 3. The minimum Gasteiger partial charge on any atom is -0.735 e. The number of hydrazine groups is 1. The third kappa shape index (κ3) is 5.16. The number of carbonyl (C=O) groups is 2. The van der Waals surface area contributed by atoms with Crippen molar-refractivity contribution in [3.8, 4) is 22.6 Å². The van der Waals surface area contributed by atoms with Crippen molar-refractivity contribution in [1.82, 2.24) is 10.6 Å². The number of carbonyl (C=O) groups excluding carboxylic acids is 2. The Balaban J connectivity index is 1.18. The second-order valence-corrected chi connectivity index (χ2v) is 9.79. The molecule has 42 heavy (non-hydrogen) atoms. The van der Waals surface area contributed by atoms with E-state index in [0.29, 0.717) is 21.6 Å². The zero-order valence-electron chi connectivity index (χ0n) is 22.1. The Kier molecular flexibility index (Phi) is 7.07.